The zero-order valence-corrected chi connectivity index (χ0v) is 27.4. The number of hydrogen-bond donors (Lipinski definition) is 6. The van der Waals surface area contributed by atoms with Crippen molar-refractivity contribution in [3.05, 3.63) is 48.2 Å². The molecule has 4 fully saturated rings. The molecular formula is C33H42O17. The molecule has 0 radical (unpaired) electrons. The van der Waals surface area contributed by atoms with E-state index in [1.54, 1.807) is 37.3 Å². The molecule has 276 valence electrons. The number of epoxide rings is 1. The van der Waals surface area contributed by atoms with Crippen LogP contribution in [-0.4, -0.2) is 148 Å². The average molecular weight is 711 g/mol. The maximum absolute atomic E-state index is 12.8. The Labute approximate surface area is 286 Å². The molecule has 1 aromatic carbocycles. The first-order valence-electron chi connectivity index (χ1n) is 16.2. The first kappa shape index (κ1) is 36.6. The van der Waals surface area contributed by atoms with Crippen LogP contribution in [0.25, 0.3) is 6.08 Å². The molecule has 0 amide bonds. The molecule has 1 saturated carbocycles. The van der Waals surface area contributed by atoms with Gasteiger partial charge in [-0.2, -0.15) is 0 Å². The first-order chi connectivity index (χ1) is 23.9. The van der Waals surface area contributed by atoms with Crippen LogP contribution < -0.4 is 4.74 Å². The van der Waals surface area contributed by atoms with Gasteiger partial charge in [0.15, 0.2) is 24.8 Å². The molecule has 3 saturated heterocycles. The molecule has 0 aromatic heterocycles. The van der Waals surface area contributed by atoms with Crippen LogP contribution in [0.15, 0.2) is 42.7 Å². The second-order valence-electron chi connectivity index (χ2n) is 12.8. The van der Waals surface area contributed by atoms with E-state index >= 15 is 0 Å². The third kappa shape index (κ3) is 6.88. The van der Waals surface area contributed by atoms with Gasteiger partial charge in [-0.25, -0.2) is 4.79 Å². The molecule has 4 heterocycles. The number of aliphatic hydroxyl groups excluding tert-OH is 6. The predicted octanol–water partition coefficient (Wildman–Crippen LogP) is -1.89. The number of carbonyl (C=O) groups excluding carboxylic acids is 2. The number of fused-ring (bicyclic) bond motifs is 3. The quantitative estimate of drug-likeness (QED) is 0.0835. The Balaban J connectivity index is 1.15. The Bertz CT molecular complexity index is 1420. The summed E-state index contributed by atoms with van der Waals surface area (Å²) in [6, 6.07) is 6.93. The van der Waals surface area contributed by atoms with Gasteiger partial charge in [-0.05, 0) is 36.8 Å². The van der Waals surface area contributed by atoms with Gasteiger partial charge in [0, 0.05) is 18.9 Å². The van der Waals surface area contributed by atoms with Crippen LogP contribution in [0, 0.1) is 11.8 Å². The van der Waals surface area contributed by atoms with Crippen LogP contribution in [0.3, 0.4) is 0 Å². The Morgan fingerprint density at radius 2 is 1.60 bits per heavy atom. The summed E-state index contributed by atoms with van der Waals surface area (Å²) in [5, 5.41) is 62.3. The topological polar surface area (TPSA) is 242 Å². The second kappa shape index (κ2) is 14.8. The summed E-state index contributed by atoms with van der Waals surface area (Å²) < 4.78 is 51.4. The van der Waals surface area contributed by atoms with Crippen molar-refractivity contribution in [3.8, 4) is 5.75 Å². The zero-order valence-electron chi connectivity index (χ0n) is 27.4. The Kier molecular flexibility index (Phi) is 10.8. The number of ether oxygens (including phenoxy) is 9. The highest BCUT2D eigenvalue weighted by Crippen LogP contribution is 2.61. The molecular weight excluding hydrogens is 668 g/mol. The number of hydrogen-bond acceptors (Lipinski definition) is 17. The third-order valence-electron chi connectivity index (χ3n) is 9.72. The van der Waals surface area contributed by atoms with Crippen molar-refractivity contribution in [3.63, 3.8) is 0 Å². The molecule has 6 rings (SSSR count). The van der Waals surface area contributed by atoms with E-state index in [4.69, 9.17) is 42.6 Å². The maximum atomic E-state index is 12.8. The number of esters is 2. The highest BCUT2D eigenvalue weighted by Gasteiger charge is 2.77. The average Bonchev–Trinajstić information content (AvgIpc) is 3.78. The molecule has 17 nitrogen and oxygen atoms in total. The lowest BCUT2D eigenvalue weighted by atomic mass is 9.85. The highest BCUT2D eigenvalue weighted by molar-refractivity contribution is 5.87. The summed E-state index contributed by atoms with van der Waals surface area (Å²) in [7, 11) is 1.54. The number of rotatable bonds is 11. The summed E-state index contributed by atoms with van der Waals surface area (Å²) in [5.41, 5.74) is -0.548. The fraction of sp³-hybridized carbons (Fsp3) is 0.636. The number of methoxy groups -OCH3 is 1. The third-order valence-corrected chi connectivity index (χ3v) is 9.72. The monoisotopic (exact) mass is 710 g/mol. The van der Waals surface area contributed by atoms with E-state index in [2.05, 4.69) is 0 Å². The largest absolute Gasteiger partial charge is 0.497 e. The van der Waals surface area contributed by atoms with E-state index in [-0.39, 0.29) is 0 Å². The van der Waals surface area contributed by atoms with E-state index in [0.29, 0.717) is 11.3 Å². The van der Waals surface area contributed by atoms with Crippen molar-refractivity contribution in [2.24, 2.45) is 11.8 Å². The fourth-order valence-corrected chi connectivity index (χ4v) is 7.11. The molecule has 16 atom stereocenters. The Hall–Kier alpha value is -3.20. The lowest BCUT2D eigenvalue weighted by Crippen LogP contribution is -2.61. The predicted molar refractivity (Wildman–Crippen MR) is 163 cm³/mol. The molecule has 1 aromatic rings. The standard InChI is InChI=1S/C33H42O17/c1-14-26(47-20(37)9-6-16-4-7-17(42-3)8-5-16)28(45-15(2)36)25(41)32(44-14)48-27-18-10-11-43-30(21(18)33(13-35)29(27)50-33)49-31-24(40)23(39)22(38)19(12-34)46-31/h4-11,14,18-19,21-32,34-35,38-41H,12-13H2,1-3H3/b9-6+/t14-,18-,19+,21+,22+,23-,24-,25+,26-,27-,28+,29+,30-,31-,32-,33-/m1/s1. The van der Waals surface area contributed by atoms with Crippen molar-refractivity contribution >= 4 is 18.0 Å². The molecule has 4 aliphatic heterocycles. The van der Waals surface area contributed by atoms with Crippen molar-refractivity contribution in [2.45, 2.75) is 99.4 Å². The van der Waals surface area contributed by atoms with E-state index < -0.39 is 122 Å². The van der Waals surface area contributed by atoms with Crippen LogP contribution in [0.1, 0.15) is 19.4 Å². The number of aliphatic hydroxyl groups is 6. The van der Waals surface area contributed by atoms with Crippen LogP contribution in [0.5, 0.6) is 5.75 Å². The van der Waals surface area contributed by atoms with Crippen LogP contribution in [-0.2, 0) is 47.5 Å². The van der Waals surface area contributed by atoms with Gasteiger partial charge in [0.1, 0.15) is 48.0 Å². The van der Waals surface area contributed by atoms with Crippen LogP contribution in [0.4, 0.5) is 0 Å². The van der Waals surface area contributed by atoms with Crippen molar-refractivity contribution in [1.29, 1.82) is 0 Å². The SMILES string of the molecule is COc1ccc(/C=C/C(=O)O[C@H]2[C@@H](OC(C)=O)[C@H](O)[C@@H](O[C@@H]3[C@@H]4C=CO[C@H](O[C@H]5O[C@@H](CO)[C@H](O)[C@@H](O)[C@H]5O)[C@H]4[C@@]4(CO)O[C@@H]34)O[C@@H]2C)cc1. The molecule has 0 unspecified atom stereocenters. The molecule has 50 heavy (non-hydrogen) atoms. The highest BCUT2D eigenvalue weighted by atomic mass is 16.8. The van der Waals surface area contributed by atoms with Crippen LogP contribution >= 0.6 is 0 Å². The summed E-state index contributed by atoms with van der Waals surface area (Å²) in [6.45, 7) is 1.54. The van der Waals surface area contributed by atoms with E-state index in [1.165, 1.54) is 25.5 Å². The van der Waals surface area contributed by atoms with E-state index in [0.717, 1.165) is 6.92 Å². The minimum absolute atomic E-state index is 0.493. The van der Waals surface area contributed by atoms with Gasteiger partial charge in [0.2, 0.25) is 6.29 Å². The molecule has 1 aliphatic carbocycles. The summed E-state index contributed by atoms with van der Waals surface area (Å²) in [6.07, 6.45) is -11.5. The van der Waals surface area contributed by atoms with Gasteiger partial charge < -0.3 is 73.3 Å². The summed E-state index contributed by atoms with van der Waals surface area (Å²) in [4.78, 5) is 24.9. The normalized spacial score (nSPS) is 43.4. The number of carbonyl (C=O) groups is 2. The molecule has 6 N–H and O–H groups in total. The minimum atomic E-state index is -1.71. The van der Waals surface area contributed by atoms with Gasteiger partial charge in [-0.15, -0.1) is 0 Å². The first-order valence-corrected chi connectivity index (χ1v) is 16.2. The van der Waals surface area contributed by atoms with Crippen molar-refractivity contribution < 1.29 is 82.9 Å². The Morgan fingerprint density at radius 3 is 2.26 bits per heavy atom. The second-order valence-corrected chi connectivity index (χ2v) is 12.8. The van der Waals surface area contributed by atoms with Gasteiger partial charge in [-0.3, -0.25) is 4.79 Å². The minimum Gasteiger partial charge on any atom is -0.497 e. The van der Waals surface area contributed by atoms with Crippen molar-refractivity contribution in [2.75, 3.05) is 20.3 Å². The van der Waals surface area contributed by atoms with Gasteiger partial charge >= 0.3 is 11.9 Å². The van der Waals surface area contributed by atoms with E-state index in [9.17, 15) is 40.2 Å². The summed E-state index contributed by atoms with van der Waals surface area (Å²) in [5.74, 6) is -2.23. The molecule has 5 aliphatic rings. The fourth-order valence-electron chi connectivity index (χ4n) is 7.11. The van der Waals surface area contributed by atoms with E-state index in [1.807, 2.05) is 0 Å². The smallest absolute Gasteiger partial charge is 0.331 e. The maximum Gasteiger partial charge on any atom is 0.331 e. The van der Waals surface area contributed by atoms with Gasteiger partial charge in [0.25, 0.3) is 0 Å². The zero-order chi connectivity index (χ0) is 35.9. The van der Waals surface area contributed by atoms with Gasteiger partial charge in [-0.1, -0.05) is 12.1 Å². The molecule has 0 bridgehead atoms. The molecule has 0 spiro atoms. The van der Waals surface area contributed by atoms with Gasteiger partial charge in [0.05, 0.1) is 44.7 Å². The molecule has 17 heteroatoms. The summed E-state index contributed by atoms with van der Waals surface area (Å²) >= 11 is 0. The van der Waals surface area contributed by atoms with Crippen LogP contribution in [0.2, 0.25) is 0 Å². The number of benzene rings is 1. The Morgan fingerprint density at radius 1 is 0.880 bits per heavy atom. The van der Waals surface area contributed by atoms with Crippen molar-refractivity contribution in [1.82, 2.24) is 0 Å². The lowest BCUT2D eigenvalue weighted by molar-refractivity contribution is -0.347. The lowest BCUT2D eigenvalue weighted by Gasteiger charge is -2.44.